The molecule has 1 N–H and O–H groups in total. The van der Waals surface area contributed by atoms with Gasteiger partial charge in [-0.15, -0.1) is 0 Å². The molecule has 0 radical (unpaired) electrons. The van der Waals surface area contributed by atoms with Crippen molar-refractivity contribution in [1.29, 1.82) is 0 Å². The molecule has 0 bridgehead atoms. The van der Waals surface area contributed by atoms with Gasteiger partial charge in [0.05, 0.1) is 24.5 Å². The average molecular weight is 445 g/mol. The fourth-order valence-electron chi connectivity index (χ4n) is 4.22. The summed E-state index contributed by atoms with van der Waals surface area (Å²) in [5.74, 6) is 0.475. The molecular weight excluding hydrogens is 423 g/mol. The van der Waals surface area contributed by atoms with Crippen LogP contribution < -0.4 is 15.0 Å². The van der Waals surface area contributed by atoms with Crippen molar-refractivity contribution in [3.05, 3.63) is 108 Å². The molecule has 7 heteroatoms. The number of rotatable bonds is 5. The number of aromatic nitrogens is 2. The minimum atomic E-state index is -0.290. The van der Waals surface area contributed by atoms with Crippen LogP contribution in [0, 0.1) is 5.82 Å². The Labute approximate surface area is 191 Å². The predicted octanol–water partition coefficient (Wildman–Crippen LogP) is 5.20. The van der Waals surface area contributed by atoms with E-state index >= 15 is 0 Å². The smallest absolute Gasteiger partial charge is 0.174 e. The third-order valence-electron chi connectivity index (χ3n) is 5.63. The number of halogens is 1. The summed E-state index contributed by atoms with van der Waals surface area (Å²) < 4.78 is 21.4. The molecule has 0 unspecified atom stereocenters. The van der Waals surface area contributed by atoms with Crippen LogP contribution in [0.25, 0.3) is 5.69 Å². The van der Waals surface area contributed by atoms with Gasteiger partial charge in [-0.25, -0.2) is 4.39 Å². The molecule has 0 amide bonds. The topological polar surface area (TPSA) is 42.3 Å². The van der Waals surface area contributed by atoms with Crippen LogP contribution in [0.1, 0.15) is 23.5 Å². The number of nitrogens with one attached hydrogen (secondary N) is 1. The van der Waals surface area contributed by atoms with Crippen molar-refractivity contribution >= 4 is 23.0 Å². The van der Waals surface area contributed by atoms with E-state index < -0.39 is 0 Å². The van der Waals surface area contributed by atoms with Gasteiger partial charge < -0.3 is 19.5 Å². The van der Waals surface area contributed by atoms with E-state index in [1.807, 2.05) is 59.6 Å². The van der Waals surface area contributed by atoms with E-state index in [1.165, 1.54) is 12.1 Å². The molecule has 5 rings (SSSR count). The zero-order chi connectivity index (χ0) is 22.1. The molecule has 2 aromatic heterocycles. The first kappa shape index (κ1) is 20.2. The third-order valence-corrected chi connectivity index (χ3v) is 5.95. The standard InChI is InChI=1S/C25H21FN4OS/c1-31-22-10-3-2-8-20(22)29-16-6-9-21(29)24-23(19-7-4-5-15-27-19)28-25(32)30(24)18-13-11-17(26)12-14-18/h2-16,23-24H,1H3,(H,28,32)/t23-,24+/m1/s1. The van der Waals surface area contributed by atoms with Crippen molar-refractivity contribution in [1.82, 2.24) is 14.9 Å². The number of ether oxygens (including phenoxy) is 1. The van der Waals surface area contributed by atoms with Crippen molar-refractivity contribution in [3.8, 4) is 11.4 Å². The van der Waals surface area contributed by atoms with Crippen LogP contribution in [-0.2, 0) is 0 Å². The molecule has 1 saturated heterocycles. The van der Waals surface area contributed by atoms with Crippen molar-refractivity contribution in [2.75, 3.05) is 12.0 Å². The van der Waals surface area contributed by atoms with Gasteiger partial charge in [0.2, 0.25) is 0 Å². The molecular formula is C25H21FN4OS. The molecule has 32 heavy (non-hydrogen) atoms. The lowest BCUT2D eigenvalue weighted by Gasteiger charge is -2.29. The summed E-state index contributed by atoms with van der Waals surface area (Å²) in [6, 6.07) is 23.7. The van der Waals surface area contributed by atoms with Gasteiger partial charge in [0.25, 0.3) is 0 Å². The second-order valence-electron chi connectivity index (χ2n) is 7.45. The van der Waals surface area contributed by atoms with Crippen LogP contribution in [0.3, 0.4) is 0 Å². The van der Waals surface area contributed by atoms with Gasteiger partial charge in [0.15, 0.2) is 5.11 Å². The number of hydrogen-bond acceptors (Lipinski definition) is 3. The van der Waals surface area contributed by atoms with E-state index in [0.29, 0.717) is 5.11 Å². The Bertz CT molecular complexity index is 1240. The molecule has 160 valence electrons. The number of anilines is 1. The lowest BCUT2D eigenvalue weighted by molar-refractivity contribution is 0.412. The first-order valence-corrected chi connectivity index (χ1v) is 10.6. The Balaban J connectivity index is 1.68. The van der Waals surface area contributed by atoms with Gasteiger partial charge in [-0.2, -0.15) is 0 Å². The Kier molecular flexibility index (Phi) is 5.33. The van der Waals surface area contributed by atoms with E-state index in [-0.39, 0.29) is 17.9 Å². The first-order chi connectivity index (χ1) is 15.7. The highest BCUT2D eigenvalue weighted by Gasteiger charge is 2.42. The maximum absolute atomic E-state index is 13.7. The Morgan fingerprint density at radius 3 is 2.50 bits per heavy atom. The molecule has 3 heterocycles. The average Bonchev–Trinajstić information content (AvgIpc) is 3.44. The van der Waals surface area contributed by atoms with Crippen molar-refractivity contribution in [2.24, 2.45) is 0 Å². The molecule has 2 atom stereocenters. The van der Waals surface area contributed by atoms with Crippen LogP contribution in [0.5, 0.6) is 5.75 Å². The molecule has 1 aliphatic heterocycles. The second-order valence-corrected chi connectivity index (χ2v) is 7.83. The van der Waals surface area contributed by atoms with E-state index in [2.05, 4.69) is 20.9 Å². The van der Waals surface area contributed by atoms with Gasteiger partial charge in [0.1, 0.15) is 17.6 Å². The number of pyridine rings is 1. The van der Waals surface area contributed by atoms with Crippen LogP contribution >= 0.6 is 12.2 Å². The van der Waals surface area contributed by atoms with E-state index in [1.54, 1.807) is 25.4 Å². The number of hydrogen-bond donors (Lipinski definition) is 1. The highest BCUT2D eigenvalue weighted by molar-refractivity contribution is 7.80. The van der Waals surface area contributed by atoms with E-state index in [4.69, 9.17) is 17.0 Å². The fourth-order valence-corrected chi connectivity index (χ4v) is 4.56. The fraction of sp³-hybridized carbons (Fsp3) is 0.120. The molecule has 1 fully saturated rings. The van der Waals surface area contributed by atoms with Crippen molar-refractivity contribution in [3.63, 3.8) is 0 Å². The highest BCUT2D eigenvalue weighted by atomic mass is 32.1. The van der Waals surface area contributed by atoms with Crippen molar-refractivity contribution < 1.29 is 9.13 Å². The monoisotopic (exact) mass is 444 g/mol. The second kappa shape index (κ2) is 8.43. The summed E-state index contributed by atoms with van der Waals surface area (Å²) in [4.78, 5) is 6.61. The number of methoxy groups -OCH3 is 1. The van der Waals surface area contributed by atoms with E-state index in [0.717, 1.165) is 28.5 Å². The maximum Gasteiger partial charge on any atom is 0.174 e. The molecule has 2 aromatic carbocycles. The maximum atomic E-state index is 13.7. The first-order valence-electron chi connectivity index (χ1n) is 10.2. The number of benzene rings is 2. The summed E-state index contributed by atoms with van der Waals surface area (Å²) in [6.45, 7) is 0. The highest BCUT2D eigenvalue weighted by Crippen LogP contribution is 2.42. The van der Waals surface area contributed by atoms with Gasteiger partial charge >= 0.3 is 0 Å². The number of para-hydroxylation sites is 2. The normalized spacial score (nSPS) is 17.9. The number of nitrogens with zero attached hydrogens (tertiary/aromatic N) is 3. The summed E-state index contributed by atoms with van der Waals surface area (Å²) in [5.41, 5.74) is 3.60. The predicted molar refractivity (Wildman–Crippen MR) is 127 cm³/mol. The Morgan fingerprint density at radius 2 is 1.75 bits per heavy atom. The van der Waals surface area contributed by atoms with Crippen LogP contribution in [0.2, 0.25) is 0 Å². The minimum Gasteiger partial charge on any atom is -0.495 e. The van der Waals surface area contributed by atoms with Crippen molar-refractivity contribution in [2.45, 2.75) is 12.1 Å². The molecule has 5 nitrogen and oxygen atoms in total. The Morgan fingerprint density at radius 1 is 0.969 bits per heavy atom. The molecule has 0 saturated carbocycles. The van der Waals surface area contributed by atoms with Crippen LogP contribution in [0.15, 0.2) is 91.3 Å². The van der Waals surface area contributed by atoms with Crippen LogP contribution in [-0.4, -0.2) is 21.8 Å². The molecule has 0 aliphatic carbocycles. The summed E-state index contributed by atoms with van der Waals surface area (Å²) in [6.07, 6.45) is 3.78. The molecule has 1 aliphatic rings. The van der Waals surface area contributed by atoms with Gasteiger partial charge in [-0.05, 0) is 72.9 Å². The lowest BCUT2D eigenvalue weighted by Crippen LogP contribution is -2.30. The zero-order valence-electron chi connectivity index (χ0n) is 17.4. The van der Waals surface area contributed by atoms with Gasteiger partial charge in [-0.3, -0.25) is 4.98 Å². The summed E-state index contributed by atoms with van der Waals surface area (Å²) in [7, 11) is 1.66. The zero-order valence-corrected chi connectivity index (χ0v) is 18.2. The van der Waals surface area contributed by atoms with Gasteiger partial charge in [-0.1, -0.05) is 18.2 Å². The Hall–Kier alpha value is -3.71. The lowest BCUT2D eigenvalue weighted by atomic mass is 10.0. The summed E-state index contributed by atoms with van der Waals surface area (Å²) in [5, 5.41) is 4.00. The SMILES string of the molecule is COc1ccccc1-n1cccc1[C@H]1[C@@H](c2ccccn2)NC(=S)N1c1ccc(F)cc1. The summed E-state index contributed by atoms with van der Waals surface area (Å²) >= 11 is 5.75. The van der Waals surface area contributed by atoms with Gasteiger partial charge in [0, 0.05) is 23.8 Å². The molecule has 0 spiro atoms. The number of thiocarbonyl (C=S) groups is 1. The van der Waals surface area contributed by atoms with E-state index in [9.17, 15) is 4.39 Å². The quantitative estimate of drug-likeness (QED) is 0.429. The minimum absolute atomic E-state index is 0.197. The molecule has 4 aromatic rings. The largest absolute Gasteiger partial charge is 0.495 e. The third kappa shape index (κ3) is 3.50. The van der Waals surface area contributed by atoms with Crippen LogP contribution in [0.4, 0.5) is 10.1 Å².